The molecule has 3 aliphatic heterocycles. The topological polar surface area (TPSA) is 125 Å². The fraction of sp³-hybridized carbons (Fsp3) is 0.611. The molecule has 0 unspecified atom stereocenters. The molecule has 3 aliphatic rings. The zero-order valence-electron chi connectivity index (χ0n) is 28.1. The second-order valence-electron chi connectivity index (χ2n) is 14.2. The number of aliphatic hydroxyl groups is 1. The molecule has 3 heterocycles. The molecule has 46 heavy (non-hydrogen) atoms. The Bertz CT molecular complexity index is 1310. The minimum Gasteiger partial charge on any atom is -0.455 e. The van der Waals surface area contributed by atoms with Crippen molar-refractivity contribution in [1.29, 1.82) is 0 Å². The minimum absolute atomic E-state index is 0.169. The number of esters is 1. The van der Waals surface area contributed by atoms with E-state index in [0.717, 1.165) is 0 Å². The van der Waals surface area contributed by atoms with Gasteiger partial charge >= 0.3 is 5.97 Å². The van der Waals surface area contributed by atoms with E-state index in [2.05, 4.69) is 18.5 Å². The first kappa shape index (κ1) is 35.4. The molecule has 3 saturated heterocycles. The number of benzene rings is 1. The minimum atomic E-state index is -1.25. The van der Waals surface area contributed by atoms with Gasteiger partial charge in [-0.25, -0.2) is 0 Å². The summed E-state index contributed by atoms with van der Waals surface area (Å²) < 4.78 is 12.8. The van der Waals surface area contributed by atoms with Crippen molar-refractivity contribution in [2.75, 3.05) is 13.2 Å². The van der Waals surface area contributed by atoms with Crippen LogP contribution in [-0.4, -0.2) is 87.1 Å². The number of allylic oxidation sites excluding steroid dienone is 1. The van der Waals surface area contributed by atoms with Crippen LogP contribution < -0.4 is 5.32 Å². The van der Waals surface area contributed by atoms with Crippen LogP contribution in [0, 0.1) is 17.8 Å². The summed E-state index contributed by atoms with van der Waals surface area (Å²) in [5.74, 6) is -3.56. The quantitative estimate of drug-likeness (QED) is 0.234. The van der Waals surface area contributed by atoms with Crippen molar-refractivity contribution in [1.82, 2.24) is 15.1 Å². The van der Waals surface area contributed by atoms with Crippen molar-refractivity contribution in [3.8, 4) is 0 Å². The van der Waals surface area contributed by atoms with Gasteiger partial charge in [-0.15, -0.1) is 13.2 Å². The van der Waals surface area contributed by atoms with Crippen molar-refractivity contribution < 1.29 is 33.8 Å². The third-order valence-corrected chi connectivity index (χ3v) is 9.74. The molecule has 0 aromatic heterocycles. The lowest BCUT2D eigenvalue weighted by Crippen LogP contribution is -2.62. The maximum absolute atomic E-state index is 14.6. The van der Waals surface area contributed by atoms with Crippen molar-refractivity contribution >= 4 is 23.7 Å². The molecule has 0 aliphatic carbocycles. The summed E-state index contributed by atoms with van der Waals surface area (Å²) in [7, 11) is 0. The predicted molar refractivity (Wildman–Crippen MR) is 174 cm³/mol. The predicted octanol–water partition coefficient (Wildman–Crippen LogP) is 3.95. The summed E-state index contributed by atoms with van der Waals surface area (Å²) in [6.07, 6.45) is 3.56. The number of fused-ring (bicyclic) bond motifs is 1. The van der Waals surface area contributed by atoms with E-state index in [4.69, 9.17) is 9.47 Å². The molecule has 0 radical (unpaired) electrons. The van der Waals surface area contributed by atoms with Crippen LogP contribution in [0.4, 0.5) is 0 Å². The summed E-state index contributed by atoms with van der Waals surface area (Å²) >= 11 is 0. The maximum atomic E-state index is 14.6. The van der Waals surface area contributed by atoms with Crippen LogP contribution in [0.25, 0.3) is 0 Å². The number of carbonyl (C=O) groups excluding carboxylic acids is 4. The van der Waals surface area contributed by atoms with Gasteiger partial charge in [0.25, 0.3) is 0 Å². The van der Waals surface area contributed by atoms with Crippen LogP contribution in [0.1, 0.15) is 78.9 Å². The van der Waals surface area contributed by atoms with Gasteiger partial charge in [0, 0.05) is 18.5 Å². The lowest BCUT2D eigenvalue weighted by molar-refractivity contribution is -0.163. The Balaban J connectivity index is 1.72. The standard InChI is InChI=1S/C36H51N3O7/c1-9-11-17-27(41)37-23(5)30(24-15-13-12-14-16-24)45-34(44)28-26-18-19-36(46-26)29(28)32(42)39(25(21-40)22(3)4)31(36)33(43)38(20-10-2)35(6,7)8/h9-10,12-16,22-23,25-26,28-31,40H,1-2,11,17-21H2,3-8H3,(H,37,41)/t23-,25+,26+,28-,29-,30-,31+,36-/m1/s1. The number of rotatable bonds is 14. The molecule has 3 fully saturated rings. The molecule has 4 rings (SSSR count). The van der Waals surface area contributed by atoms with Crippen molar-refractivity contribution in [3.63, 3.8) is 0 Å². The molecule has 1 aromatic carbocycles. The average Bonchev–Trinajstić information content (AvgIpc) is 3.65. The molecule has 0 saturated carbocycles. The smallest absolute Gasteiger partial charge is 0.313 e. The zero-order chi connectivity index (χ0) is 34.0. The van der Waals surface area contributed by atoms with E-state index in [-0.39, 0.29) is 43.2 Å². The van der Waals surface area contributed by atoms with Crippen molar-refractivity contribution in [3.05, 3.63) is 61.2 Å². The van der Waals surface area contributed by atoms with E-state index in [1.807, 2.05) is 65.0 Å². The van der Waals surface area contributed by atoms with Crippen molar-refractivity contribution in [2.24, 2.45) is 17.8 Å². The highest BCUT2D eigenvalue weighted by Crippen LogP contribution is 2.59. The molecule has 10 nitrogen and oxygen atoms in total. The molecule has 10 heteroatoms. The number of amides is 3. The fourth-order valence-corrected chi connectivity index (χ4v) is 7.53. The second-order valence-corrected chi connectivity index (χ2v) is 14.2. The summed E-state index contributed by atoms with van der Waals surface area (Å²) in [6, 6.07) is 6.92. The zero-order valence-corrected chi connectivity index (χ0v) is 28.1. The van der Waals surface area contributed by atoms with Gasteiger partial charge in [-0.05, 0) is 58.4 Å². The Morgan fingerprint density at radius 1 is 1.17 bits per heavy atom. The first-order valence-electron chi connectivity index (χ1n) is 16.4. The summed E-state index contributed by atoms with van der Waals surface area (Å²) in [5, 5.41) is 13.4. The Morgan fingerprint density at radius 2 is 1.85 bits per heavy atom. The van der Waals surface area contributed by atoms with Gasteiger partial charge in [-0.1, -0.05) is 56.3 Å². The highest BCUT2D eigenvalue weighted by molar-refractivity contribution is 5.98. The van der Waals surface area contributed by atoms with E-state index in [0.29, 0.717) is 24.8 Å². The van der Waals surface area contributed by atoms with Gasteiger partial charge in [-0.2, -0.15) is 0 Å². The van der Waals surface area contributed by atoms with Gasteiger partial charge in [-0.3, -0.25) is 19.2 Å². The number of nitrogens with one attached hydrogen (secondary N) is 1. The molecular weight excluding hydrogens is 586 g/mol. The van der Waals surface area contributed by atoms with E-state index in [9.17, 15) is 24.3 Å². The molecule has 3 amide bonds. The second kappa shape index (κ2) is 14.1. The number of hydrogen-bond donors (Lipinski definition) is 2. The lowest BCUT2D eigenvalue weighted by Gasteiger charge is -2.44. The van der Waals surface area contributed by atoms with Crippen molar-refractivity contribution in [2.45, 2.75) is 109 Å². The Labute approximate surface area is 273 Å². The highest BCUT2D eigenvalue weighted by Gasteiger charge is 2.76. The van der Waals surface area contributed by atoms with Gasteiger partial charge in [0.1, 0.15) is 17.7 Å². The molecule has 1 spiro atoms. The van der Waals surface area contributed by atoms with Crippen LogP contribution in [0.5, 0.6) is 0 Å². The first-order chi connectivity index (χ1) is 21.7. The lowest BCUT2D eigenvalue weighted by atomic mass is 9.70. The van der Waals surface area contributed by atoms with E-state index in [1.165, 1.54) is 4.90 Å². The number of likely N-dealkylation sites (tertiary alicyclic amines) is 1. The maximum Gasteiger partial charge on any atom is 0.313 e. The Morgan fingerprint density at radius 3 is 2.41 bits per heavy atom. The monoisotopic (exact) mass is 637 g/mol. The average molecular weight is 638 g/mol. The summed E-state index contributed by atoms with van der Waals surface area (Å²) in [5.41, 5.74) is -1.14. The number of hydrogen-bond acceptors (Lipinski definition) is 7. The van der Waals surface area contributed by atoms with Gasteiger partial charge in [0.15, 0.2) is 0 Å². The van der Waals surface area contributed by atoms with Crippen LogP contribution >= 0.6 is 0 Å². The molecular formula is C36H51N3O7. The largest absolute Gasteiger partial charge is 0.455 e. The van der Waals surface area contributed by atoms with Crippen LogP contribution in [-0.2, 0) is 28.7 Å². The van der Waals surface area contributed by atoms with Gasteiger partial charge in [0.2, 0.25) is 17.7 Å². The van der Waals surface area contributed by atoms with Crippen LogP contribution in [0.2, 0.25) is 0 Å². The number of nitrogens with zero attached hydrogens (tertiary/aromatic N) is 2. The number of ether oxygens (including phenoxy) is 2. The Hall–Kier alpha value is -3.50. The van der Waals surface area contributed by atoms with E-state index < -0.39 is 59.3 Å². The third-order valence-electron chi connectivity index (χ3n) is 9.74. The van der Waals surface area contributed by atoms with Crippen LogP contribution in [0.3, 0.4) is 0 Å². The number of aliphatic hydroxyl groups excluding tert-OH is 1. The highest BCUT2D eigenvalue weighted by atomic mass is 16.6. The fourth-order valence-electron chi connectivity index (χ4n) is 7.53. The molecule has 252 valence electrons. The SMILES string of the molecule is C=CCCC(=O)N[C@H](C)[C@@H](OC(=O)[C@@H]1[C@@H]2CC[C@]3(O2)[C@H](C(=O)N(CC=C)C(C)(C)C)N([C@@H](CO)C(C)C)C(=O)[C@@H]13)c1ccccc1. The normalized spacial score (nSPS) is 27.1. The Kier molecular flexibility index (Phi) is 10.8. The van der Waals surface area contributed by atoms with Gasteiger partial charge in [0.05, 0.1) is 36.6 Å². The van der Waals surface area contributed by atoms with Gasteiger partial charge < -0.3 is 29.7 Å². The summed E-state index contributed by atoms with van der Waals surface area (Å²) in [4.78, 5) is 59.2. The van der Waals surface area contributed by atoms with E-state index in [1.54, 1.807) is 24.0 Å². The molecule has 1 aromatic rings. The van der Waals surface area contributed by atoms with E-state index >= 15 is 0 Å². The number of carbonyl (C=O) groups is 4. The van der Waals surface area contributed by atoms with Crippen LogP contribution in [0.15, 0.2) is 55.6 Å². The third kappa shape index (κ3) is 6.51. The summed E-state index contributed by atoms with van der Waals surface area (Å²) in [6.45, 7) is 18.8. The molecule has 2 N–H and O–H groups in total. The molecule has 2 bridgehead atoms. The first-order valence-corrected chi connectivity index (χ1v) is 16.4. The molecule has 8 atom stereocenters.